The SMILES string of the molecule is CCCCCCC/C=C\C/C=C\C/C=C\CCCCCCCCCCCCCCCCCCCCCCCCCCC(=O)OC(COC(=O)CCCCCCCCCCCCCCC/C=C\CCCCCCCCCC)COC(OCC[N+](C)(C)C)C(=O)O. The van der Waals surface area contributed by atoms with Gasteiger partial charge < -0.3 is 28.5 Å². The maximum absolute atomic E-state index is 13.0. The van der Waals surface area contributed by atoms with Gasteiger partial charge in [0.05, 0.1) is 34.4 Å². The highest BCUT2D eigenvalue weighted by molar-refractivity contribution is 5.71. The molecule has 0 aromatic rings. The summed E-state index contributed by atoms with van der Waals surface area (Å²) in [5.74, 6) is -1.98. The predicted molar refractivity (Wildman–Crippen MR) is 383 cm³/mol. The van der Waals surface area contributed by atoms with Crippen LogP contribution in [0.3, 0.4) is 0 Å². The summed E-state index contributed by atoms with van der Waals surface area (Å²) >= 11 is 0. The van der Waals surface area contributed by atoms with Crippen molar-refractivity contribution in [2.75, 3.05) is 47.5 Å². The van der Waals surface area contributed by atoms with Gasteiger partial charge in [0.2, 0.25) is 0 Å². The second-order valence-corrected chi connectivity index (χ2v) is 27.7. The Labute approximate surface area is 553 Å². The number of rotatable bonds is 73. The van der Waals surface area contributed by atoms with Crippen LogP contribution in [0.15, 0.2) is 48.6 Å². The van der Waals surface area contributed by atoms with Crippen LogP contribution in [0.1, 0.15) is 386 Å². The van der Waals surface area contributed by atoms with Gasteiger partial charge in [-0.2, -0.15) is 0 Å². The van der Waals surface area contributed by atoms with Crippen molar-refractivity contribution < 1.29 is 42.9 Å². The van der Waals surface area contributed by atoms with Crippen LogP contribution in [-0.2, 0) is 33.3 Å². The zero-order chi connectivity index (χ0) is 64.7. The van der Waals surface area contributed by atoms with E-state index in [9.17, 15) is 19.5 Å². The zero-order valence-electron chi connectivity index (χ0n) is 59.9. The summed E-state index contributed by atoms with van der Waals surface area (Å²) in [7, 11) is 5.99. The van der Waals surface area contributed by atoms with Gasteiger partial charge in [0, 0.05) is 12.8 Å². The second-order valence-electron chi connectivity index (χ2n) is 27.7. The summed E-state index contributed by atoms with van der Waals surface area (Å²) in [5.41, 5.74) is 0. The van der Waals surface area contributed by atoms with Gasteiger partial charge >= 0.3 is 17.9 Å². The maximum Gasteiger partial charge on any atom is 0.361 e. The van der Waals surface area contributed by atoms with E-state index in [1.165, 1.54) is 308 Å². The van der Waals surface area contributed by atoms with Gasteiger partial charge in [-0.1, -0.05) is 345 Å². The number of ether oxygens (including phenoxy) is 4. The third-order valence-electron chi connectivity index (χ3n) is 17.6. The summed E-state index contributed by atoms with van der Waals surface area (Å²) in [6.07, 6.45) is 89.7. The molecule has 0 saturated carbocycles. The molecule has 89 heavy (non-hydrogen) atoms. The number of carboxylic acids is 1. The molecule has 0 aliphatic carbocycles. The Morgan fingerprint density at radius 3 is 0.910 bits per heavy atom. The molecule has 0 radical (unpaired) electrons. The molecule has 0 rings (SSSR count). The van der Waals surface area contributed by atoms with E-state index in [-0.39, 0.29) is 38.2 Å². The maximum atomic E-state index is 13.0. The highest BCUT2D eigenvalue weighted by Crippen LogP contribution is 2.19. The first-order valence-corrected chi connectivity index (χ1v) is 38.8. The molecule has 522 valence electrons. The van der Waals surface area contributed by atoms with Crippen molar-refractivity contribution in [3.05, 3.63) is 48.6 Å². The lowest BCUT2D eigenvalue weighted by Crippen LogP contribution is -2.40. The highest BCUT2D eigenvalue weighted by Gasteiger charge is 2.25. The molecule has 0 aliphatic rings. The average molecular weight is 1250 g/mol. The number of nitrogens with zero attached hydrogens (tertiary/aromatic N) is 1. The average Bonchev–Trinajstić information content (AvgIpc) is 3.64. The molecule has 2 atom stereocenters. The van der Waals surface area contributed by atoms with E-state index < -0.39 is 18.4 Å². The van der Waals surface area contributed by atoms with E-state index >= 15 is 0 Å². The van der Waals surface area contributed by atoms with Crippen LogP contribution in [0.4, 0.5) is 0 Å². The summed E-state index contributed by atoms with van der Waals surface area (Å²) in [4.78, 5) is 37.7. The Bertz CT molecular complexity index is 1600. The number of hydrogen-bond donors (Lipinski definition) is 1. The normalized spacial score (nSPS) is 12.9. The van der Waals surface area contributed by atoms with Crippen LogP contribution in [0.2, 0.25) is 0 Å². The molecule has 0 bridgehead atoms. The fourth-order valence-electron chi connectivity index (χ4n) is 11.6. The fraction of sp³-hybridized carbons (Fsp3) is 0.863. The minimum Gasteiger partial charge on any atom is -0.477 e. The molecular weight excluding hydrogens is 1100 g/mol. The van der Waals surface area contributed by atoms with Crippen LogP contribution >= 0.6 is 0 Å². The number of allylic oxidation sites excluding steroid dienone is 8. The van der Waals surface area contributed by atoms with E-state index in [2.05, 4.69) is 62.5 Å². The Balaban J connectivity index is 3.97. The third kappa shape index (κ3) is 72.5. The van der Waals surface area contributed by atoms with E-state index in [1.54, 1.807) is 0 Å². The molecule has 9 heteroatoms. The highest BCUT2D eigenvalue weighted by atomic mass is 16.7. The lowest BCUT2D eigenvalue weighted by atomic mass is 10.0. The minimum atomic E-state index is -1.51. The number of carbonyl (C=O) groups is 3. The van der Waals surface area contributed by atoms with Gasteiger partial charge in [0.1, 0.15) is 13.2 Å². The largest absolute Gasteiger partial charge is 0.477 e. The molecule has 2 unspecified atom stereocenters. The molecule has 0 spiro atoms. The minimum absolute atomic E-state index is 0.177. The van der Waals surface area contributed by atoms with Crippen molar-refractivity contribution in [2.45, 2.75) is 399 Å². The number of carboxylic acid groups (broad SMARTS) is 1. The van der Waals surface area contributed by atoms with Gasteiger partial charge in [-0.25, -0.2) is 4.79 Å². The van der Waals surface area contributed by atoms with Gasteiger partial charge in [-0.05, 0) is 77.0 Å². The summed E-state index contributed by atoms with van der Waals surface area (Å²) in [6.45, 7) is 4.93. The topological polar surface area (TPSA) is 108 Å². The van der Waals surface area contributed by atoms with Crippen molar-refractivity contribution in [3.63, 3.8) is 0 Å². The number of hydrogen-bond acceptors (Lipinski definition) is 7. The van der Waals surface area contributed by atoms with Crippen LogP contribution < -0.4 is 0 Å². The number of unbranched alkanes of at least 4 members (excludes halogenated alkanes) is 50. The summed E-state index contributed by atoms with van der Waals surface area (Å²) in [5, 5.41) is 9.76. The molecule has 1 N–H and O–H groups in total. The van der Waals surface area contributed by atoms with Crippen LogP contribution in [-0.4, -0.2) is 87.4 Å². The molecule has 0 amide bonds. The first-order chi connectivity index (χ1) is 43.6. The van der Waals surface area contributed by atoms with E-state index in [0.717, 1.165) is 51.4 Å². The molecule has 0 aromatic heterocycles. The molecule has 0 aliphatic heterocycles. The zero-order valence-corrected chi connectivity index (χ0v) is 59.9. The predicted octanol–water partition coefficient (Wildman–Crippen LogP) is 24.5. The quantitative estimate of drug-likeness (QED) is 0.0211. The molecule has 0 saturated heterocycles. The Morgan fingerprint density at radius 2 is 0.607 bits per heavy atom. The summed E-state index contributed by atoms with van der Waals surface area (Å²) < 4.78 is 23.0. The Morgan fingerprint density at radius 1 is 0.337 bits per heavy atom. The second kappa shape index (κ2) is 71.1. The van der Waals surface area contributed by atoms with Crippen LogP contribution in [0, 0.1) is 0 Å². The van der Waals surface area contributed by atoms with Crippen molar-refractivity contribution in [1.29, 1.82) is 0 Å². The smallest absolute Gasteiger partial charge is 0.361 e. The number of carbonyl (C=O) groups excluding carboxylic acids is 2. The van der Waals surface area contributed by atoms with Crippen molar-refractivity contribution in [2.24, 2.45) is 0 Å². The lowest BCUT2D eigenvalue weighted by molar-refractivity contribution is -0.870. The van der Waals surface area contributed by atoms with Gasteiger partial charge in [0.15, 0.2) is 6.10 Å². The third-order valence-corrected chi connectivity index (χ3v) is 17.6. The fourth-order valence-corrected chi connectivity index (χ4v) is 11.6. The van der Waals surface area contributed by atoms with Crippen LogP contribution in [0.5, 0.6) is 0 Å². The van der Waals surface area contributed by atoms with E-state index in [4.69, 9.17) is 18.9 Å². The van der Waals surface area contributed by atoms with Crippen LogP contribution in [0.25, 0.3) is 0 Å². The standard InChI is InChI=1S/C80H149NO8/c1-6-8-10-12-14-16-18-20-22-24-26-28-30-32-33-34-35-36-37-38-39-40-41-42-43-44-45-47-49-51-53-55-57-59-61-63-65-67-69-71-78(83)89-76(75-88-80(79(84)85)86-73-72-81(3,4)5)74-87-77(82)70-68-66-64-62-60-58-56-54-52-50-48-46-31-29-27-25-23-21-19-17-15-13-11-9-7-2/h18,20,24-27,30,32,76,80H,6-17,19,21-23,28-29,31,33-75H2,1-5H3/p+1/b20-18-,26-24-,27-25-,32-30-. The first kappa shape index (κ1) is 86.2. The molecular formula is C80H150NO8+. The number of esters is 2. The van der Waals surface area contributed by atoms with E-state index in [0.29, 0.717) is 17.4 Å². The number of likely N-dealkylation sites (N-methyl/N-ethyl adjacent to an activating group) is 1. The number of quaternary nitrogens is 1. The Hall–Kier alpha value is -2.75. The first-order valence-electron chi connectivity index (χ1n) is 38.8. The molecule has 0 aromatic carbocycles. The van der Waals surface area contributed by atoms with Crippen molar-refractivity contribution in [1.82, 2.24) is 0 Å². The monoisotopic (exact) mass is 1250 g/mol. The Kier molecular flexibility index (Phi) is 68.9. The summed E-state index contributed by atoms with van der Waals surface area (Å²) in [6, 6.07) is 0. The molecule has 0 fully saturated rings. The number of aliphatic carboxylic acids is 1. The molecule has 9 nitrogen and oxygen atoms in total. The molecule has 0 heterocycles. The van der Waals surface area contributed by atoms with Crippen molar-refractivity contribution in [3.8, 4) is 0 Å². The van der Waals surface area contributed by atoms with Gasteiger partial charge in [-0.3, -0.25) is 9.59 Å². The van der Waals surface area contributed by atoms with E-state index in [1.807, 2.05) is 21.1 Å². The van der Waals surface area contributed by atoms with Gasteiger partial charge in [0.25, 0.3) is 6.29 Å². The van der Waals surface area contributed by atoms with Gasteiger partial charge in [-0.15, -0.1) is 0 Å². The lowest BCUT2D eigenvalue weighted by Gasteiger charge is -2.25. The van der Waals surface area contributed by atoms with Crippen molar-refractivity contribution >= 4 is 17.9 Å².